The van der Waals surface area contributed by atoms with E-state index in [1.165, 1.54) is 35.6 Å². The van der Waals surface area contributed by atoms with Gasteiger partial charge in [-0.1, -0.05) is 6.07 Å². The molecule has 25 heavy (non-hydrogen) atoms. The molecule has 2 aromatic rings. The third-order valence-electron chi connectivity index (χ3n) is 3.17. The van der Waals surface area contributed by atoms with Crippen LogP contribution in [0.3, 0.4) is 0 Å². The predicted octanol–water partition coefficient (Wildman–Crippen LogP) is 1.99. The fourth-order valence-electron chi connectivity index (χ4n) is 1.91. The molecule has 2 rings (SSSR count). The molecule has 0 saturated heterocycles. The Morgan fingerprint density at radius 1 is 1.04 bits per heavy atom. The highest BCUT2D eigenvalue weighted by Gasteiger charge is 2.12. The second kappa shape index (κ2) is 8.74. The summed E-state index contributed by atoms with van der Waals surface area (Å²) in [6, 6.07) is 9.42. The minimum atomic E-state index is -0.621. The van der Waals surface area contributed by atoms with Gasteiger partial charge in [-0.25, -0.2) is 0 Å². The van der Waals surface area contributed by atoms with Gasteiger partial charge < -0.3 is 15.8 Å². The Bertz CT molecular complexity index is 769. The molecule has 8 heteroatoms. The van der Waals surface area contributed by atoms with Crippen LogP contribution in [0.5, 0.6) is 0 Å². The first-order valence-corrected chi connectivity index (χ1v) is 8.25. The molecular formula is C17H16N2O5S. The fraction of sp³-hybridized carbons (Fsp3) is 0.176. The van der Waals surface area contributed by atoms with Crippen LogP contribution in [-0.4, -0.2) is 30.2 Å². The maximum atomic E-state index is 11.8. The van der Waals surface area contributed by atoms with E-state index in [-0.39, 0.29) is 18.6 Å². The van der Waals surface area contributed by atoms with Crippen molar-refractivity contribution in [3.63, 3.8) is 0 Å². The van der Waals surface area contributed by atoms with Crippen molar-refractivity contribution in [1.29, 1.82) is 0 Å². The molecule has 0 aliphatic heterocycles. The third-order valence-corrected chi connectivity index (χ3v) is 4.08. The highest BCUT2D eigenvalue weighted by atomic mass is 32.1. The number of carbonyl (C=O) groups is 4. The lowest BCUT2D eigenvalue weighted by Gasteiger charge is -2.07. The zero-order valence-electron chi connectivity index (χ0n) is 13.2. The Morgan fingerprint density at radius 3 is 2.36 bits per heavy atom. The van der Waals surface area contributed by atoms with Gasteiger partial charge in [0.15, 0.2) is 12.4 Å². The Hall–Kier alpha value is -3.00. The zero-order valence-corrected chi connectivity index (χ0v) is 14.0. The van der Waals surface area contributed by atoms with E-state index in [9.17, 15) is 19.2 Å². The molecule has 130 valence electrons. The van der Waals surface area contributed by atoms with Crippen LogP contribution in [0.25, 0.3) is 0 Å². The number of carbonyl (C=O) groups excluding carboxylic acids is 4. The number of ether oxygens (including phenoxy) is 1. The summed E-state index contributed by atoms with van der Waals surface area (Å²) in [5.74, 6) is -1.84. The van der Waals surface area contributed by atoms with Crippen LogP contribution in [0.2, 0.25) is 0 Å². The van der Waals surface area contributed by atoms with E-state index >= 15 is 0 Å². The maximum Gasteiger partial charge on any atom is 0.306 e. The van der Waals surface area contributed by atoms with Crippen LogP contribution in [0.1, 0.15) is 32.9 Å². The Morgan fingerprint density at radius 2 is 1.76 bits per heavy atom. The molecule has 3 N–H and O–H groups in total. The number of anilines is 1. The number of Topliss-reactive ketones (excluding diaryl/α,β-unsaturated/α-hetero) is 1. The number of thiophene rings is 1. The van der Waals surface area contributed by atoms with Gasteiger partial charge in [-0.2, -0.15) is 0 Å². The van der Waals surface area contributed by atoms with Crippen LogP contribution < -0.4 is 11.1 Å². The number of nitrogens with two attached hydrogens (primary N) is 1. The summed E-state index contributed by atoms with van der Waals surface area (Å²) >= 11 is 1.31. The van der Waals surface area contributed by atoms with Crippen LogP contribution in [0.4, 0.5) is 5.69 Å². The van der Waals surface area contributed by atoms with Crippen molar-refractivity contribution in [2.45, 2.75) is 12.8 Å². The molecule has 1 aromatic carbocycles. The summed E-state index contributed by atoms with van der Waals surface area (Å²) < 4.78 is 4.83. The molecule has 0 bridgehead atoms. The summed E-state index contributed by atoms with van der Waals surface area (Å²) in [4.78, 5) is 46.6. The van der Waals surface area contributed by atoms with Crippen LogP contribution in [-0.2, 0) is 14.3 Å². The molecule has 1 aromatic heterocycles. The molecule has 0 saturated carbocycles. The topological polar surface area (TPSA) is 116 Å². The summed E-state index contributed by atoms with van der Waals surface area (Å²) in [7, 11) is 0. The van der Waals surface area contributed by atoms with Gasteiger partial charge in [0.05, 0.1) is 11.3 Å². The smallest absolute Gasteiger partial charge is 0.306 e. The number of benzene rings is 1. The van der Waals surface area contributed by atoms with Crippen molar-refractivity contribution < 1.29 is 23.9 Å². The van der Waals surface area contributed by atoms with E-state index in [0.29, 0.717) is 16.1 Å². The highest BCUT2D eigenvalue weighted by Crippen LogP contribution is 2.12. The molecule has 0 aliphatic carbocycles. The monoisotopic (exact) mass is 360 g/mol. The molecule has 7 nitrogen and oxygen atoms in total. The first-order chi connectivity index (χ1) is 12.0. The molecule has 0 atom stereocenters. The lowest BCUT2D eigenvalue weighted by Crippen LogP contribution is -2.21. The number of hydrogen-bond donors (Lipinski definition) is 2. The van der Waals surface area contributed by atoms with Crippen molar-refractivity contribution in [3.8, 4) is 0 Å². The first kappa shape index (κ1) is 18.3. The molecule has 2 amide bonds. The lowest BCUT2D eigenvalue weighted by molar-refractivity contribution is -0.147. The largest absolute Gasteiger partial charge is 0.456 e. The normalized spacial score (nSPS) is 10.1. The Labute approximate surface area is 147 Å². The lowest BCUT2D eigenvalue weighted by atomic mass is 10.2. The molecule has 0 aliphatic rings. The van der Waals surface area contributed by atoms with Crippen LogP contribution in [0, 0.1) is 0 Å². The second-order valence-electron chi connectivity index (χ2n) is 5.05. The number of primary amides is 1. The number of nitrogens with one attached hydrogen (secondary N) is 1. The van der Waals surface area contributed by atoms with Gasteiger partial charge in [-0.15, -0.1) is 11.3 Å². The number of rotatable bonds is 8. The van der Waals surface area contributed by atoms with Gasteiger partial charge in [0.2, 0.25) is 5.91 Å². The van der Waals surface area contributed by atoms with E-state index in [1.54, 1.807) is 17.5 Å². The van der Waals surface area contributed by atoms with Crippen molar-refractivity contribution >= 4 is 40.6 Å². The van der Waals surface area contributed by atoms with Crippen LogP contribution in [0.15, 0.2) is 41.8 Å². The molecule has 0 unspecified atom stereocenters. The molecule has 0 spiro atoms. The van der Waals surface area contributed by atoms with Gasteiger partial charge in [0.1, 0.15) is 0 Å². The van der Waals surface area contributed by atoms with E-state index in [4.69, 9.17) is 10.5 Å². The summed E-state index contributed by atoms with van der Waals surface area (Å²) in [6.07, 6.45) is -0.0487. The molecule has 0 fully saturated rings. The van der Waals surface area contributed by atoms with Gasteiger partial charge in [-0.05, 0) is 35.7 Å². The standard InChI is InChI=1S/C17H16N2O5S/c18-17(23)11-3-5-12(6-4-11)19-15(21)10-24-16(22)8-7-13(20)14-2-1-9-25-14/h1-6,9H,7-8,10H2,(H2,18,23)(H,19,21). The Balaban J connectivity index is 1.71. The van der Waals surface area contributed by atoms with Gasteiger partial charge in [-0.3, -0.25) is 19.2 Å². The predicted molar refractivity (Wildman–Crippen MR) is 92.4 cm³/mol. The summed E-state index contributed by atoms with van der Waals surface area (Å²) in [6.45, 7) is -0.455. The average molecular weight is 360 g/mol. The number of hydrogen-bond acceptors (Lipinski definition) is 6. The minimum Gasteiger partial charge on any atom is -0.456 e. The quantitative estimate of drug-likeness (QED) is 0.552. The van der Waals surface area contributed by atoms with Crippen molar-refractivity contribution in [3.05, 3.63) is 52.2 Å². The van der Waals surface area contributed by atoms with Crippen molar-refractivity contribution in [2.75, 3.05) is 11.9 Å². The second-order valence-corrected chi connectivity index (χ2v) is 6.00. The van der Waals surface area contributed by atoms with E-state index < -0.39 is 24.4 Å². The van der Waals surface area contributed by atoms with E-state index in [1.807, 2.05) is 0 Å². The van der Waals surface area contributed by atoms with Crippen LogP contribution >= 0.6 is 11.3 Å². The van der Waals surface area contributed by atoms with E-state index in [0.717, 1.165) is 0 Å². The third kappa shape index (κ3) is 5.85. The Kier molecular flexibility index (Phi) is 6.41. The molecule has 0 radical (unpaired) electrons. The minimum absolute atomic E-state index is 0.0372. The van der Waals surface area contributed by atoms with Gasteiger partial charge >= 0.3 is 5.97 Å². The van der Waals surface area contributed by atoms with Gasteiger partial charge in [0.25, 0.3) is 5.91 Å². The number of esters is 1. The highest BCUT2D eigenvalue weighted by molar-refractivity contribution is 7.12. The number of ketones is 1. The number of amides is 2. The summed E-state index contributed by atoms with van der Waals surface area (Å²) in [5.41, 5.74) is 5.88. The average Bonchev–Trinajstić information content (AvgIpc) is 3.13. The van der Waals surface area contributed by atoms with Crippen molar-refractivity contribution in [2.24, 2.45) is 5.73 Å². The van der Waals surface area contributed by atoms with Crippen molar-refractivity contribution in [1.82, 2.24) is 0 Å². The zero-order chi connectivity index (χ0) is 18.2. The maximum absolute atomic E-state index is 11.8. The van der Waals surface area contributed by atoms with E-state index in [2.05, 4.69) is 5.32 Å². The summed E-state index contributed by atoms with van der Waals surface area (Å²) in [5, 5.41) is 4.30. The fourth-order valence-corrected chi connectivity index (χ4v) is 2.60. The SMILES string of the molecule is NC(=O)c1ccc(NC(=O)COC(=O)CCC(=O)c2cccs2)cc1. The molecular weight excluding hydrogens is 344 g/mol. The molecule has 1 heterocycles. The van der Waals surface area contributed by atoms with Gasteiger partial charge in [0, 0.05) is 17.7 Å². The first-order valence-electron chi connectivity index (χ1n) is 7.38.